The average Bonchev–Trinajstić information content (AvgIpc) is 3.22. The maximum absolute atomic E-state index is 13.6. The number of nitrogens with zero attached hydrogens (tertiary/aromatic N) is 4. The van der Waals surface area contributed by atoms with E-state index in [4.69, 9.17) is 16.0 Å². The summed E-state index contributed by atoms with van der Waals surface area (Å²) in [5.41, 5.74) is -0.477. The third kappa shape index (κ3) is 2.73. The minimum atomic E-state index is -4.67. The number of anilines is 1. The Kier molecular flexibility index (Phi) is 3.92. The lowest BCUT2D eigenvalue weighted by Gasteiger charge is -2.27. The Hall–Kier alpha value is -2.52. The molecule has 0 atom stereocenters. The number of halogens is 4. The van der Waals surface area contributed by atoms with Crippen LogP contribution < -0.4 is 10.2 Å². The van der Waals surface area contributed by atoms with Gasteiger partial charge in [0.25, 0.3) is 0 Å². The number of fused-ring (bicyclic) bond motifs is 1. The highest BCUT2D eigenvalue weighted by Gasteiger charge is 2.39. The van der Waals surface area contributed by atoms with Crippen molar-refractivity contribution >= 4 is 28.7 Å². The van der Waals surface area contributed by atoms with Crippen LogP contribution in [-0.4, -0.2) is 34.4 Å². The molecule has 0 bridgehead atoms. The standard InChI is InChI=1S/C16H13ClF3N5O/c1-9-8-21-4-6-24(9)15-23-13-12(16(18,19)20)10(17)7-11(14(13)26-15)25-5-2-3-22-25/h2-3,5,7,21H,1,4,6,8H2. The molecule has 0 saturated carbocycles. The van der Waals surface area contributed by atoms with E-state index >= 15 is 0 Å². The molecule has 1 fully saturated rings. The molecule has 0 radical (unpaired) electrons. The van der Waals surface area contributed by atoms with Crippen LogP contribution in [0.3, 0.4) is 0 Å². The van der Waals surface area contributed by atoms with Crippen LogP contribution in [0.1, 0.15) is 5.56 Å². The molecule has 4 rings (SSSR count). The molecule has 1 N–H and O–H groups in total. The predicted molar refractivity (Wildman–Crippen MR) is 90.5 cm³/mol. The quantitative estimate of drug-likeness (QED) is 0.732. The first-order valence-corrected chi connectivity index (χ1v) is 8.10. The topological polar surface area (TPSA) is 59.1 Å². The monoisotopic (exact) mass is 383 g/mol. The number of hydrogen-bond donors (Lipinski definition) is 1. The lowest BCUT2D eigenvalue weighted by atomic mass is 10.1. The predicted octanol–water partition coefficient (Wildman–Crippen LogP) is 3.61. The minimum absolute atomic E-state index is 0.0354. The van der Waals surface area contributed by atoms with Gasteiger partial charge in [0, 0.05) is 37.7 Å². The Labute approximate surface area is 150 Å². The molecule has 2 aromatic heterocycles. The van der Waals surface area contributed by atoms with Crippen molar-refractivity contribution in [3.63, 3.8) is 0 Å². The second kappa shape index (κ2) is 6.03. The highest BCUT2D eigenvalue weighted by molar-refractivity contribution is 6.32. The summed E-state index contributed by atoms with van der Waals surface area (Å²) in [6.07, 6.45) is -1.58. The van der Waals surface area contributed by atoms with Crippen molar-refractivity contribution in [2.45, 2.75) is 6.18 Å². The summed E-state index contributed by atoms with van der Waals surface area (Å²) in [6, 6.07) is 2.88. The second-order valence-electron chi connectivity index (χ2n) is 5.77. The maximum atomic E-state index is 13.6. The fourth-order valence-corrected chi connectivity index (χ4v) is 3.20. The molecule has 26 heavy (non-hydrogen) atoms. The number of piperazine rings is 1. The van der Waals surface area contributed by atoms with Gasteiger partial charge in [-0.15, -0.1) is 0 Å². The summed E-state index contributed by atoms with van der Waals surface area (Å²) in [5.74, 6) is 0. The third-order valence-corrected chi connectivity index (χ3v) is 4.37. The molecule has 3 aromatic rings. The number of alkyl halides is 3. The van der Waals surface area contributed by atoms with E-state index in [1.807, 2.05) is 0 Å². The molecule has 3 heterocycles. The van der Waals surface area contributed by atoms with Gasteiger partial charge in [-0.1, -0.05) is 18.2 Å². The smallest absolute Gasteiger partial charge is 0.420 e. The van der Waals surface area contributed by atoms with Crippen LogP contribution in [0.25, 0.3) is 16.8 Å². The first-order valence-electron chi connectivity index (χ1n) is 7.72. The van der Waals surface area contributed by atoms with E-state index in [2.05, 4.69) is 22.0 Å². The minimum Gasteiger partial charge on any atom is -0.421 e. The van der Waals surface area contributed by atoms with Crippen LogP contribution in [0.4, 0.5) is 19.2 Å². The SMILES string of the molecule is C=C1CNCCN1c1nc2c(C(F)(F)F)c(Cl)cc(-n3cccn3)c2o1. The van der Waals surface area contributed by atoms with Crippen molar-refractivity contribution in [1.82, 2.24) is 20.1 Å². The van der Waals surface area contributed by atoms with Crippen molar-refractivity contribution in [2.75, 3.05) is 24.5 Å². The van der Waals surface area contributed by atoms with Gasteiger partial charge in [0.05, 0.1) is 5.02 Å². The van der Waals surface area contributed by atoms with Crippen LogP contribution in [0, 0.1) is 0 Å². The molecule has 1 saturated heterocycles. The van der Waals surface area contributed by atoms with Gasteiger partial charge in [-0.2, -0.15) is 23.3 Å². The van der Waals surface area contributed by atoms with E-state index < -0.39 is 16.8 Å². The highest BCUT2D eigenvalue weighted by atomic mass is 35.5. The molecule has 6 nitrogen and oxygen atoms in total. The largest absolute Gasteiger partial charge is 0.421 e. The molecule has 10 heteroatoms. The normalized spacial score (nSPS) is 15.8. The Bertz CT molecular complexity index is 980. The van der Waals surface area contributed by atoms with E-state index in [1.54, 1.807) is 17.2 Å². The summed E-state index contributed by atoms with van der Waals surface area (Å²) < 4.78 is 47.8. The zero-order chi connectivity index (χ0) is 18.5. The molecule has 1 aromatic carbocycles. The van der Waals surface area contributed by atoms with E-state index in [0.717, 1.165) is 0 Å². The van der Waals surface area contributed by atoms with Gasteiger partial charge in [-0.05, 0) is 12.1 Å². The van der Waals surface area contributed by atoms with E-state index in [-0.39, 0.29) is 22.8 Å². The number of benzene rings is 1. The van der Waals surface area contributed by atoms with E-state index in [0.29, 0.717) is 25.3 Å². The summed E-state index contributed by atoms with van der Waals surface area (Å²) in [6.45, 7) is 5.52. The van der Waals surface area contributed by atoms with Crippen LogP contribution in [0.15, 0.2) is 41.2 Å². The Morgan fingerprint density at radius 1 is 1.35 bits per heavy atom. The van der Waals surface area contributed by atoms with Crippen molar-refractivity contribution in [3.05, 3.63) is 47.4 Å². The van der Waals surface area contributed by atoms with Gasteiger partial charge in [-0.3, -0.25) is 4.90 Å². The molecular weight excluding hydrogens is 371 g/mol. The van der Waals surface area contributed by atoms with Gasteiger partial charge in [0.15, 0.2) is 5.58 Å². The Morgan fingerprint density at radius 2 is 2.15 bits per heavy atom. The fraction of sp³-hybridized carbons (Fsp3) is 0.250. The average molecular weight is 384 g/mol. The summed E-state index contributed by atoms with van der Waals surface area (Å²) in [7, 11) is 0. The first-order chi connectivity index (χ1) is 12.4. The Morgan fingerprint density at radius 3 is 2.81 bits per heavy atom. The molecule has 0 amide bonds. The van der Waals surface area contributed by atoms with Crippen molar-refractivity contribution in [3.8, 4) is 5.69 Å². The van der Waals surface area contributed by atoms with Gasteiger partial charge in [0.2, 0.25) is 0 Å². The molecule has 0 unspecified atom stereocenters. The summed E-state index contributed by atoms with van der Waals surface area (Å²) in [4.78, 5) is 5.76. The maximum Gasteiger partial charge on any atom is 0.420 e. The van der Waals surface area contributed by atoms with Gasteiger partial charge in [-0.25, -0.2) is 4.68 Å². The van der Waals surface area contributed by atoms with Gasteiger partial charge >= 0.3 is 12.2 Å². The lowest BCUT2D eigenvalue weighted by Crippen LogP contribution is -2.41. The zero-order valence-corrected chi connectivity index (χ0v) is 14.1. The molecule has 0 spiro atoms. The summed E-state index contributed by atoms with van der Waals surface area (Å²) in [5, 5.41) is 6.71. The number of rotatable bonds is 2. The fourth-order valence-electron chi connectivity index (χ4n) is 2.90. The van der Waals surface area contributed by atoms with Crippen molar-refractivity contribution in [1.29, 1.82) is 0 Å². The highest BCUT2D eigenvalue weighted by Crippen LogP contribution is 2.43. The number of oxazole rings is 1. The van der Waals surface area contributed by atoms with Crippen LogP contribution in [0.2, 0.25) is 5.02 Å². The van der Waals surface area contributed by atoms with Crippen LogP contribution in [0.5, 0.6) is 0 Å². The number of nitrogens with one attached hydrogen (secondary N) is 1. The molecule has 0 aliphatic carbocycles. The van der Waals surface area contributed by atoms with Gasteiger partial charge in [0.1, 0.15) is 16.8 Å². The summed E-state index contributed by atoms with van der Waals surface area (Å²) >= 11 is 5.95. The van der Waals surface area contributed by atoms with Crippen LogP contribution in [-0.2, 0) is 6.18 Å². The molecular formula is C16H13ClF3N5O. The zero-order valence-electron chi connectivity index (χ0n) is 13.3. The Balaban J connectivity index is 1.98. The van der Waals surface area contributed by atoms with E-state index in [1.165, 1.54) is 16.9 Å². The van der Waals surface area contributed by atoms with Gasteiger partial charge < -0.3 is 9.73 Å². The van der Waals surface area contributed by atoms with Crippen molar-refractivity contribution < 1.29 is 17.6 Å². The molecule has 1 aliphatic heterocycles. The van der Waals surface area contributed by atoms with Crippen LogP contribution >= 0.6 is 11.6 Å². The second-order valence-corrected chi connectivity index (χ2v) is 6.18. The molecule has 136 valence electrons. The third-order valence-electron chi connectivity index (χ3n) is 4.08. The first kappa shape index (κ1) is 16.9. The van der Waals surface area contributed by atoms with E-state index in [9.17, 15) is 13.2 Å². The van der Waals surface area contributed by atoms with Crippen molar-refractivity contribution in [2.24, 2.45) is 0 Å². The molecule has 1 aliphatic rings. The number of hydrogen-bond acceptors (Lipinski definition) is 5. The lowest BCUT2D eigenvalue weighted by molar-refractivity contribution is -0.136. The number of aromatic nitrogens is 3.